The van der Waals surface area contributed by atoms with E-state index >= 15 is 0 Å². The number of halogens is 3. The Morgan fingerprint density at radius 1 is 1.35 bits per heavy atom. The first kappa shape index (κ1) is 15.3. The zero-order valence-electron chi connectivity index (χ0n) is 10.7. The molecule has 2 aromatic carbocycles. The Kier molecular flexibility index (Phi) is 5.02. The minimum Gasteiger partial charge on any atom is -0.496 e. The highest BCUT2D eigenvalue weighted by atomic mass is 79.9. The molecular formula is C15H13BrClFO2. The van der Waals surface area contributed by atoms with Crippen molar-refractivity contribution in [2.45, 2.75) is 12.5 Å². The lowest BCUT2D eigenvalue weighted by Gasteiger charge is -2.16. The van der Waals surface area contributed by atoms with Gasteiger partial charge in [0.2, 0.25) is 0 Å². The predicted octanol–water partition coefficient (Wildman–Crippen LogP) is 4.53. The summed E-state index contributed by atoms with van der Waals surface area (Å²) < 4.78 is 18.8. The summed E-state index contributed by atoms with van der Waals surface area (Å²) in [6.45, 7) is 0. The van der Waals surface area contributed by atoms with Crippen molar-refractivity contribution < 1.29 is 14.2 Å². The number of aliphatic hydroxyl groups excluding tert-OH is 1. The number of ether oxygens (including phenoxy) is 1. The molecule has 5 heteroatoms. The second kappa shape index (κ2) is 6.57. The summed E-state index contributed by atoms with van der Waals surface area (Å²) in [6, 6.07) is 9.82. The van der Waals surface area contributed by atoms with E-state index in [0.717, 1.165) is 5.56 Å². The Morgan fingerprint density at radius 2 is 2.10 bits per heavy atom. The molecule has 1 atom stereocenters. The van der Waals surface area contributed by atoms with Crippen LogP contribution in [0, 0.1) is 5.82 Å². The number of methoxy groups -OCH3 is 1. The lowest BCUT2D eigenvalue weighted by molar-refractivity contribution is 0.174. The highest BCUT2D eigenvalue weighted by Crippen LogP contribution is 2.34. The normalized spacial score (nSPS) is 12.2. The van der Waals surface area contributed by atoms with E-state index in [-0.39, 0.29) is 5.82 Å². The Balaban J connectivity index is 2.28. The average molecular weight is 360 g/mol. The summed E-state index contributed by atoms with van der Waals surface area (Å²) in [5, 5.41) is 10.8. The quantitative estimate of drug-likeness (QED) is 0.869. The fraction of sp³-hybridized carbons (Fsp3) is 0.200. The summed E-state index contributed by atoms with van der Waals surface area (Å²) >= 11 is 9.24. The lowest BCUT2D eigenvalue weighted by Crippen LogP contribution is -2.05. The smallest absolute Gasteiger partial charge is 0.137 e. The topological polar surface area (TPSA) is 29.5 Å². The third-order valence-electron chi connectivity index (χ3n) is 2.98. The first-order valence-corrected chi connectivity index (χ1v) is 7.14. The van der Waals surface area contributed by atoms with E-state index in [2.05, 4.69) is 15.9 Å². The SMILES string of the molecule is COc1cccc(Cl)c1C(O)Cc1ccc(F)c(Br)c1. The molecular weight excluding hydrogens is 347 g/mol. The maximum absolute atomic E-state index is 13.2. The van der Waals surface area contributed by atoms with Gasteiger partial charge < -0.3 is 9.84 Å². The largest absolute Gasteiger partial charge is 0.496 e. The summed E-state index contributed by atoms with van der Waals surface area (Å²) in [6.07, 6.45) is -0.505. The zero-order chi connectivity index (χ0) is 14.7. The summed E-state index contributed by atoms with van der Waals surface area (Å²) in [5.41, 5.74) is 1.34. The Labute approximate surface area is 130 Å². The van der Waals surface area contributed by atoms with Crippen molar-refractivity contribution in [3.05, 3.63) is 62.8 Å². The Hall–Kier alpha value is -1.10. The molecule has 0 aliphatic carbocycles. The van der Waals surface area contributed by atoms with E-state index in [1.54, 1.807) is 30.3 Å². The van der Waals surface area contributed by atoms with Crippen LogP contribution < -0.4 is 4.74 Å². The van der Waals surface area contributed by atoms with Crippen LogP contribution in [0.3, 0.4) is 0 Å². The first-order chi connectivity index (χ1) is 9.52. The van der Waals surface area contributed by atoms with E-state index in [1.165, 1.54) is 13.2 Å². The van der Waals surface area contributed by atoms with Crippen LogP contribution in [0.15, 0.2) is 40.9 Å². The Bertz CT molecular complexity index is 619. The van der Waals surface area contributed by atoms with E-state index < -0.39 is 6.10 Å². The third-order valence-corrected chi connectivity index (χ3v) is 3.92. The number of rotatable bonds is 4. The van der Waals surface area contributed by atoms with Gasteiger partial charge in [0.05, 0.1) is 22.7 Å². The second-order valence-electron chi connectivity index (χ2n) is 4.32. The number of aliphatic hydroxyl groups is 1. The summed E-state index contributed by atoms with van der Waals surface area (Å²) in [5.74, 6) is 0.199. The molecule has 20 heavy (non-hydrogen) atoms. The highest BCUT2D eigenvalue weighted by molar-refractivity contribution is 9.10. The average Bonchev–Trinajstić information content (AvgIpc) is 2.42. The highest BCUT2D eigenvalue weighted by Gasteiger charge is 2.17. The second-order valence-corrected chi connectivity index (χ2v) is 5.59. The summed E-state index contributed by atoms with van der Waals surface area (Å²) in [7, 11) is 1.52. The molecule has 106 valence electrons. The molecule has 0 amide bonds. The molecule has 1 unspecified atom stereocenters. The monoisotopic (exact) mass is 358 g/mol. The molecule has 0 spiro atoms. The number of hydrogen-bond donors (Lipinski definition) is 1. The van der Waals surface area contributed by atoms with Crippen LogP contribution in [0.25, 0.3) is 0 Å². The van der Waals surface area contributed by atoms with Gasteiger partial charge in [0.1, 0.15) is 11.6 Å². The van der Waals surface area contributed by atoms with Crippen molar-refractivity contribution in [2.24, 2.45) is 0 Å². The van der Waals surface area contributed by atoms with E-state index in [1.807, 2.05) is 0 Å². The lowest BCUT2D eigenvalue weighted by atomic mass is 10.0. The standard InChI is InChI=1S/C15H13BrClFO2/c1-20-14-4-2-3-11(17)15(14)13(19)8-9-5-6-12(18)10(16)7-9/h2-7,13,19H,8H2,1H3. The van der Waals surface area contributed by atoms with Gasteiger partial charge in [-0.1, -0.05) is 23.7 Å². The van der Waals surface area contributed by atoms with Gasteiger partial charge in [-0.15, -0.1) is 0 Å². The minimum absolute atomic E-state index is 0.318. The maximum atomic E-state index is 13.2. The third kappa shape index (κ3) is 3.32. The molecule has 0 bridgehead atoms. The first-order valence-electron chi connectivity index (χ1n) is 5.97. The fourth-order valence-electron chi connectivity index (χ4n) is 2.01. The van der Waals surface area contributed by atoms with Gasteiger partial charge in [0, 0.05) is 12.0 Å². The number of benzene rings is 2. The van der Waals surface area contributed by atoms with Gasteiger partial charge in [0.15, 0.2) is 0 Å². The van der Waals surface area contributed by atoms with Crippen molar-refractivity contribution in [1.82, 2.24) is 0 Å². The summed E-state index contributed by atoms with van der Waals surface area (Å²) in [4.78, 5) is 0. The molecule has 0 aliphatic heterocycles. The van der Waals surface area contributed by atoms with Crippen LogP contribution >= 0.6 is 27.5 Å². The van der Waals surface area contributed by atoms with Gasteiger partial charge in [-0.3, -0.25) is 0 Å². The molecule has 2 aromatic rings. The molecule has 0 aliphatic rings. The Morgan fingerprint density at radius 3 is 2.75 bits per heavy atom. The fourth-order valence-corrected chi connectivity index (χ4v) is 2.73. The van der Waals surface area contributed by atoms with Gasteiger partial charge in [-0.25, -0.2) is 4.39 Å². The molecule has 0 aromatic heterocycles. The van der Waals surface area contributed by atoms with Crippen LogP contribution in [0.2, 0.25) is 5.02 Å². The molecule has 2 nitrogen and oxygen atoms in total. The van der Waals surface area contributed by atoms with Crippen molar-refractivity contribution >= 4 is 27.5 Å². The molecule has 0 heterocycles. The zero-order valence-corrected chi connectivity index (χ0v) is 13.1. The van der Waals surface area contributed by atoms with Crippen molar-refractivity contribution in [1.29, 1.82) is 0 Å². The van der Waals surface area contributed by atoms with Gasteiger partial charge in [-0.2, -0.15) is 0 Å². The van der Waals surface area contributed by atoms with Crippen LogP contribution in [0.4, 0.5) is 4.39 Å². The van der Waals surface area contributed by atoms with Crippen LogP contribution in [-0.2, 0) is 6.42 Å². The molecule has 2 rings (SSSR count). The van der Waals surface area contributed by atoms with E-state index in [0.29, 0.717) is 27.2 Å². The van der Waals surface area contributed by atoms with E-state index in [9.17, 15) is 9.50 Å². The molecule has 0 radical (unpaired) electrons. The van der Waals surface area contributed by atoms with Crippen molar-refractivity contribution in [3.8, 4) is 5.75 Å². The van der Waals surface area contributed by atoms with Gasteiger partial charge >= 0.3 is 0 Å². The van der Waals surface area contributed by atoms with E-state index in [4.69, 9.17) is 16.3 Å². The van der Waals surface area contributed by atoms with Crippen LogP contribution in [0.5, 0.6) is 5.75 Å². The van der Waals surface area contributed by atoms with Gasteiger partial charge in [-0.05, 0) is 45.8 Å². The maximum Gasteiger partial charge on any atom is 0.137 e. The van der Waals surface area contributed by atoms with Gasteiger partial charge in [0.25, 0.3) is 0 Å². The number of hydrogen-bond acceptors (Lipinski definition) is 2. The molecule has 0 fully saturated rings. The van der Waals surface area contributed by atoms with Crippen molar-refractivity contribution in [3.63, 3.8) is 0 Å². The molecule has 1 N–H and O–H groups in total. The van der Waals surface area contributed by atoms with Crippen LogP contribution in [-0.4, -0.2) is 12.2 Å². The molecule has 0 saturated heterocycles. The molecule has 0 saturated carbocycles. The van der Waals surface area contributed by atoms with Crippen molar-refractivity contribution in [2.75, 3.05) is 7.11 Å². The predicted molar refractivity (Wildman–Crippen MR) is 80.8 cm³/mol. The minimum atomic E-state index is -0.823. The van der Waals surface area contributed by atoms with Crippen LogP contribution in [0.1, 0.15) is 17.2 Å².